The lowest BCUT2D eigenvalue weighted by molar-refractivity contribution is -0.136. The van der Waals surface area contributed by atoms with Crippen LogP contribution in [0.15, 0.2) is 71.8 Å². The summed E-state index contributed by atoms with van der Waals surface area (Å²) in [5.41, 5.74) is 3.10. The first-order valence-corrected chi connectivity index (χ1v) is 9.80. The zero-order valence-corrected chi connectivity index (χ0v) is 17.9. The molecule has 0 heterocycles. The summed E-state index contributed by atoms with van der Waals surface area (Å²) >= 11 is 5.63. The summed E-state index contributed by atoms with van der Waals surface area (Å²) in [5.74, 6) is -2.80. The lowest BCUT2D eigenvalue weighted by Crippen LogP contribution is -2.32. The van der Waals surface area contributed by atoms with Crippen molar-refractivity contribution in [2.75, 3.05) is 12.4 Å². The highest BCUT2D eigenvalue weighted by molar-refractivity contribution is 6.39. The third-order valence-corrected chi connectivity index (χ3v) is 4.45. The molecule has 0 aliphatic heterocycles. The first-order valence-electron chi connectivity index (χ1n) is 9.42. The third kappa shape index (κ3) is 6.37. The third-order valence-electron chi connectivity index (χ3n) is 4.16. The number of esters is 1. The number of carbonyl (C=O) groups excluding carboxylic acids is 3. The Kier molecular flexibility index (Phi) is 7.72. The van der Waals surface area contributed by atoms with E-state index in [9.17, 15) is 18.8 Å². The van der Waals surface area contributed by atoms with Crippen molar-refractivity contribution in [3.63, 3.8) is 0 Å². The maximum atomic E-state index is 13.2. The average Bonchev–Trinajstić information content (AvgIpc) is 2.82. The van der Waals surface area contributed by atoms with Crippen LogP contribution < -0.4 is 20.2 Å². The van der Waals surface area contributed by atoms with Gasteiger partial charge in [0.1, 0.15) is 5.82 Å². The van der Waals surface area contributed by atoms with Crippen LogP contribution in [-0.4, -0.2) is 31.1 Å². The molecule has 3 aromatic carbocycles. The van der Waals surface area contributed by atoms with E-state index < -0.39 is 23.6 Å². The van der Waals surface area contributed by atoms with E-state index in [1.165, 1.54) is 37.6 Å². The molecule has 3 rings (SSSR count). The van der Waals surface area contributed by atoms with Crippen molar-refractivity contribution in [2.45, 2.75) is 0 Å². The number of hydrogen-bond donors (Lipinski definition) is 2. The lowest BCUT2D eigenvalue weighted by atomic mass is 10.2. The molecule has 2 amide bonds. The molecule has 2 N–H and O–H groups in total. The largest absolute Gasteiger partial charge is 0.493 e. The molecule has 10 heteroatoms. The van der Waals surface area contributed by atoms with Crippen LogP contribution in [-0.2, 0) is 9.59 Å². The van der Waals surface area contributed by atoms with Gasteiger partial charge in [-0.05, 0) is 54.1 Å². The second kappa shape index (κ2) is 10.9. The summed E-state index contributed by atoms with van der Waals surface area (Å²) in [4.78, 5) is 36.0. The van der Waals surface area contributed by atoms with Gasteiger partial charge in [0.2, 0.25) is 0 Å². The van der Waals surface area contributed by atoms with Crippen LogP contribution in [0, 0.1) is 5.82 Å². The Bertz CT molecular complexity index is 1220. The van der Waals surface area contributed by atoms with Gasteiger partial charge < -0.3 is 14.8 Å². The van der Waals surface area contributed by atoms with Crippen molar-refractivity contribution in [3.05, 3.63) is 88.7 Å². The number of anilines is 1. The van der Waals surface area contributed by atoms with Gasteiger partial charge in [-0.2, -0.15) is 5.10 Å². The minimum Gasteiger partial charge on any atom is -0.493 e. The number of ether oxygens (including phenoxy) is 2. The molecule has 0 atom stereocenters. The van der Waals surface area contributed by atoms with Crippen LogP contribution >= 0.6 is 11.6 Å². The number of nitrogens with zero attached hydrogens (tertiary/aromatic N) is 1. The molecule has 33 heavy (non-hydrogen) atoms. The summed E-state index contributed by atoms with van der Waals surface area (Å²) in [6, 6.07) is 16.6. The summed E-state index contributed by atoms with van der Waals surface area (Å²) in [7, 11) is 1.41. The Morgan fingerprint density at radius 2 is 1.73 bits per heavy atom. The van der Waals surface area contributed by atoms with Crippen molar-refractivity contribution in [2.24, 2.45) is 5.10 Å². The van der Waals surface area contributed by atoms with E-state index >= 15 is 0 Å². The zero-order chi connectivity index (χ0) is 23.8. The number of carbonyl (C=O) groups is 3. The Morgan fingerprint density at radius 1 is 0.970 bits per heavy atom. The van der Waals surface area contributed by atoms with Crippen molar-refractivity contribution < 1.29 is 28.2 Å². The highest BCUT2D eigenvalue weighted by Gasteiger charge is 2.14. The molecular weight excluding hydrogens is 453 g/mol. The summed E-state index contributed by atoms with van der Waals surface area (Å²) in [6.07, 6.45) is 1.27. The monoisotopic (exact) mass is 469 g/mol. The van der Waals surface area contributed by atoms with Gasteiger partial charge in [0.15, 0.2) is 11.5 Å². The van der Waals surface area contributed by atoms with E-state index in [4.69, 9.17) is 21.1 Å². The number of methoxy groups -OCH3 is 1. The molecule has 0 bridgehead atoms. The van der Waals surface area contributed by atoms with Crippen molar-refractivity contribution >= 4 is 41.3 Å². The van der Waals surface area contributed by atoms with Crippen LogP contribution in [0.25, 0.3) is 0 Å². The van der Waals surface area contributed by atoms with Gasteiger partial charge >= 0.3 is 17.8 Å². The van der Waals surface area contributed by atoms with Gasteiger partial charge in [-0.25, -0.2) is 14.6 Å². The number of hydrazone groups is 1. The predicted octanol–water partition coefficient (Wildman–Crippen LogP) is 3.80. The molecule has 0 radical (unpaired) electrons. The van der Waals surface area contributed by atoms with E-state index in [0.29, 0.717) is 11.1 Å². The molecule has 8 nitrogen and oxygen atoms in total. The van der Waals surface area contributed by atoms with Crippen LogP contribution in [0.1, 0.15) is 15.9 Å². The molecule has 3 aromatic rings. The smallest absolute Gasteiger partial charge is 0.343 e. The molecule has 0 saturated carbocycles. The second-order valence-electron chi connectivity index (χ2n) is 6.45. The van der Waals surface area contributed by atoms with Gasteiger partial charge in [0.05, 0.1) is 23.9 Å². The van der Waals surface area contributed by atoms with E-state index in [1.54, 1.807) is 36.4 Å². The minimum absolute atomic E-state index is 0.149. The molecule has 0 fully saturated rings. The Morgan fingerprint density at radius 3 is 2.42 bits per heavy atom. The van der Waals surface area contributed by atoms with E-state index in [2.05, 4.69) is 15.8 Å². The maximum Gasteiger partial charge on any atom is 0.343 e. The van der Waals surface area contributed by atoms with Crippen molar-refractivity contribution in [1.82, 2.24) is 5.43 Å². The molecule has 0 unspecified atom stereocenters. The van der Waals surface area contributed by atoms with Crippen LogP contribution in [0.4, 0.5) is 10.1 Å². The Hall–Kier alpha value is -4.24. The molecule has 0 aliphatic rings. The number of rotatable bonds is 6. The highest BCUT2D eigenvalue weighted by atomic mass is 35.5. The standard InChI is InChI=1S/C23H17ClFN3O5/c1-32-20-11-14(7-10-19(20)33-23(31)15-5-3-2-4-6-15)13-26-28-22(30)21(29)27-16-8-9-18(25)17(24)12-16/h2-13H,1H3,(H,27,29)(H,28,30)/b26-13+. The van der Waals surface area contributed by atoms with Crippen molar-refractivity contribution in [1.29, 1.82) is 0 Å². The number of nitrogens with one attached hydrogen (secondary N) is 2. The minimum atomic E-state index is -1.05. The fraction of sp³-hybridized carbons (Fsp3) is 0.0435. The quantitative estimate of drug-likeness (QED) is 0.188. The zero-order valence-electron chi connectivity index (χ0n) is 17.2. The molecule has 0 saturated heterocycles. The predicted molar refractivity (Wildman–Crippen MR) is 120 cm³/mol. The van der Waals surface area contributed by atoms with E-state index in [0.717, 1.165) is 6.07 Å². The average molecular weight is 470 g/mol. The number of hydrogen-bond acceptors (Lipinski definition) is 6. The van der Waals surface area contributed by atoms with Crippen LogP contribution in [0.5, 0.6) is 11.5 Å². The van der Waals surface area contributed by atoms with Gasteiger partial charge in [0, 0.05) is 5.69 Å². The topological polar surface area (TPSA) is 106 Å². The fourth-order valence-corrected chi connectivity index (χ4v) is 2.74. The van der Waals surface area contributed by atoms with E-state index in [1.807, 2.05) is 0 Å². The van der Waals surface area contributed by atoms with E-state index in [-0.39, 0.29) is 22.2 Å². The summed E-state index contributed by atoms with van der Waals surface area (Å²) < 4.78 is 23.8. The van der Waals surface area contributed by atoms with Crippen molar-refractivity contribution in [3.8, 4) is 11.5 Å². The summed E-state index contributed by atoms with van der Waals surface area (Å²) in [6.45, 7) is 0. The molecule has 0 aliphatic carbocycles. The maximum absolute atomic E-state index is 13.2. The fourth-order valence-electron chi connectivity index (χ4n) is 2.56. The molecule has 0 spiro atoms. The SMILES string of the molecule is COc1cc(/C=N/NC(=O)C(=O)Nc2ccc(F)c(Cl)c2)ccc1OC(=O)c1ccccc1. The number of halogens is 2. The van der Waals surface area contributed by atoms with Gasteiger partial charge in [0.25, 0.3) is 0 Å². The second-order valence-corrected chi connectivity index (χ2v) is 6.86. The molecule has 0 aromatic heterocycles. The molecular formula is C23H17ClFN3O5. The normalized spacial score (nSPS) is 10.5. The van der Waals surface area contributed by atoms with Gasteiger partial charge in [-0.3, -0.25) is 9.59 Å². The first-order chi connectivity index (χ1) is 15.9. The van der Waals surface area contributed by atoms with Crippen LogP contribution in [0.3, 0.4) is 0 Å². The highest BCUT2D eigenvalue weighted by Crippen LogP contribution is 2.28. The number of amides is 2. The Labute approximate surface area is 193 Å². The van der Waals surface area contributed by atoms with Gasteiger partial charge in [-0.15, -0.1) is 0 Å². The number of benzene rings is 3. The lowest BCUT2D eigenvalue weighted by Gasteiger charge is -2.10. The van der Waals surface area contributed by atoms with Gasteiger partial charge in [-0.1, -0.05) is 29.8 Å². The Balaban J connectivity index is 1.60. The first kappa shape index (κ1) is 23.4. The molecule has 168 valence electrons. The van der Waals surface area contributed by atoms with Crippen LogP contribution in [0.2, 0.25) is 5.02 Å². The summed E-state index contributed by atoms with van der Waals surface area (Å²) in [5, 5.41) is 5.79.